The third-order valence-electron chi connectivity index (χ3n) is 3.05. The highest BCUT2D eigenvalue weighted by atomic mass is 35.5. The predicted molar refractivity (Wildman–Crippen MR) is 81.9 cm³/mol. The Hall–Kier alpha value is -0.890. The van der Waals surface area contributed by atoms with Gasteiger partial charge in [-0.05, 0) is 41.8 Å². The van der Waals surface area contributed by atoms with Gasteiger partial charge < -0.3 is 4.74 Å². The number of hydrogen-bond donors (Lipinski definition) is 0. The Kier molecular flexibility index (Phi) is 4.62. The van der Waals surface area contributed by atoms with Crippen LogP contribution in [0.4, 0.5) is 0 Å². The van der Waals surface area contributed by atoms with Crippen LogP contribution in [0.1, 0.15) is 22.1 Å². The summed E-state index contributed by atoms with van der Waals surface area (Å²) in [6, 6.07) is 11.3. The lowest BCUT2D eigenvalue weighted by atomic mass is 10.00. The molecular formula is C15H13Cl3O. The fraction of sp³-hybridized carbons (Fsp3) is 0.200. The maximum Gasteiger partial charge on any atom is 0.137 e. The lowest BCUT2D eigenvalue weighted by Gasteiger charge is -2.15. The predicted octanol–water partition coefficient (Wildman–Crippen LogP) is 5.64. The van der Waals surface area contributed by atoms with Crippen LogP contribution in [0.2, 0.25) is 10.0 Å². The largest absolute Gasteiger partial charge is 0.495 e. The normalized spacial score (nSPS) is 12.3. The third kappa shape index (κ3) is 3.00. The van der Waals surface area contributed by atoms with Gasteiger partial charge >= 0.3 is 0 Å². The first kappa shape index (κ1) is 14.5. The van der Waals surface area contributed by atoms with Crippen molar-refractivity contribution in [2.24, 2.45) is 0 Å². The average molecular weight is 316 g/mol. The van der Waals surface area contributed by atoms with Gasteiger partial charge in [-0.3, -0.25) is 0 Å². The fourth-order valence-electron chi connectivity index (χ4n) is 1.92. The van der Waals surface area contributed by atoms with Crippen LogP contribution in [-0.2, 0) is 0 Å². The molecule has 4 heteroatoms. The summed E-state index contributed by atoms with van der Waals surface area (Å²) in [5, 5.41) is 0.968. The quantitative estimate of drug-likeness (QED) is 0.666. The van der Waals surface area contributed by atoms with Gasteiger partial charge in [-0.25, -0.2) is 0 Å². The summed E-state index contributed by atoms with van der Waals surface area (Å²) in [5.41, 5.74) is 2.88. The van der Waals surface area contributed by atoms with Gasteiger partial charge in [0.25, 0.3) is 0 Å². The Morgan fingerprint density at radius 3 is 2.42 bits per heavy atom. The molecule has 0 aliphatic rings. The van der Waals surface area contributed by atoms with Gasteiger partial charge in [0.2, 0.25) is 0 Å². The molecule has 0 aliphatic heterocycles. The van der Waals surface area contributed by atoms with Crippen molar-refractivity contribution in [2.45, 2.75) is 12.3 Å². The molecule has 100 valence electrons. The van der Waals surface area contributed by atoms with Gasteiger partial charge in [-0.2, -0.15) is 0 Å². The molecule has 2 aromatic carbocycles. The highest BCUT2D eigenvalue weighted by Gasteiger charge is 2.16. The van der Waals surface area contributed by atoms with E-state index >= 15 is 0 Å². The van der Waals surface area contributed by atoms with Crippen molar-refractivity contribution in [3.63, 3.8) is 0 Å². The van der Waals surface area contributed by atoms with E-state index in [1.165, 1.54) is 0 Å². The monoisotopic (exact) mass is 314 g/mol. The minimum atomic E-state index is -0.290. The number of methoxy groups -OCH3 is 1. The zero-order chi connectivity index (χ0) is 14.0. The van der Waals surface area contributed by atoms with E-state index in [-0.39, 0.29) is 5.38 Å². The van der Waals surface area contributed by atoms with E-state index in [0.717, 1.165) is 16.7 Å². The Labute approximate surface area is 128 Å². The summed E-state index contributed by atoms with van der Waals surface area (Å²) in [4.78, 5) is 0. The molecule has 1 atom stereocenters. The number of hydrogen-bond acceptors (Lipinski definition) is 1. The molecule has 0 amide bonds. The zero-order valence-corrected chi connectivity index (χ0v) is 12.9. The summed E-state index contributed by atoms with van der Waals surface area (Å²) >= 11 is 18.8. The SMILES string of the molecule is COc1ccc(C(Cl)c2cccc(Cl)c2C)cc1Cl. The molecule has 2 rings (SSSR count). The van der Waals surface area contributed by atoms with Crippen molar-refractivity contribution < 1.29 is 4.74 Å². The van der Waals surface area contributed by atoms with E-state index in [0.29, 0.717) is 15.8 Å². The summed E-state index contributed by atoms with van der Waals surface area (Å²) in [6.07, 6.45) is 0. The molecule has 0 N–H and O–H groups in total. The summed E-state index contributed by atoms with van der Waals surface area (Å²) < 4.78 is 5.13. The zero-order valence-electron chi connectivity index (χ0n) is 10.6. The number of alkyl halides is 1. The van der Waals surface area contributed by atoms with E-state index in [2.05, 4.69) is 0 Å². The number of rotatable bonds is 3. The lowest BCUT2D eigenvalue weighted by Crippen LogP contribution is -1.97. The van der Waals surface area contributed by atoms with Gasteiger partial charge in [-0.1, -0.05) is 41.4 Å². The van der Waals surface area contributed by atoms with Gasteiger partial charge in [0.1, 0.15) is 5.75 Å². The second-order valence-electron chi connectivity index (χ2n) is 4.21. The Morgan fingerprint density at radius 2 is 1.79 bits per heavy atom. The van der Waals surface area contributed by atoms with Gasteiger partial charge in [-0.15, -0.1) is 11.6 Å². The Morgan fingerprint density at radius 1 is 1.05 bits per heavy atom. The third-order valence-corrected chi connectivity index (χ3v) is 4.24. The van der Waals surface area contributed by atoms with E-state index in [9.17, 15) is 0 Å². The minimum Gasteiger partial charge on any atom is -0.495 e. The molecule has 2 aromatic rings. The average Bonchev–Trinajstić information content (AvgIpc) is 2.41. The van der Waals surface area contributed by atoms with Crippen LogP contribution in [0.25, 0.3) is 0 Å². The standard InChI is InChI=1S/C15H13Cl3O/c1-9-11(4-3-5-12(9)16)15(18)10-6-7-14(19-2)13(17)8-10/h3-8,15H,1-2H3. The van der Waals surface area contributed by atoms with Crippen LogP contribution >= 0.6 is 34.8 Å². The van der Waals surface area contributed by atoms with Gasteiger partial charge in [0.15, 0.2) is 0 Å². The van der Waals surface area contributed by atoms with Crippen molar-refractivity contribution in [3.05, 3.63) is 63.1 Å². The molecule has 19 heavy (non-hydrogen) atoms. The molecule has 0 heterocycles. The number of halogens is 3. The first-order valence-electron chi connectivity index (χ1n) is 5.77. The smallest absolute Gasteiger partial charge is 0.137 e. The second kappa shape index (κ2) is 6.04. The fourth-order valence-corrected chi connectivity index (χ4v) is 2.74. The first-order chi connectivity index (χ1) is 9.04. The topological polar surface area (TPSA) is 9.23 Å². The second-order valence-corrected chi connectivity index (χ2v) is 5.46. The van der Waals surface area contributed by atoms with Gasteiger partial charge in [0, 0.05) is 5.02 Å². The molecule has 0 spiro atoms. The van der Waals surface area contributed by atoms with Crippen LogP contribution < -0.4 is 4.74 Å². The van der Waals surface area contributed by atoms with Crippen LogP contribution in [0, 0.1) is 6.92 Å². The van der Waals surface area contributed by atoms with Crippen LogP contribution in [0.15, 0.2) is 36.4 Å². The molecule has 1 nitrogen and oxygen atoms in total. The summed E-state index contributed by atoms with van der Waals surface area (Å²) in [7, 11) is 1.58. The maximum absolute atomic E-state index is 6.52. The molecule has 0 bridgehead atoms. The maximum atomic E-state index is 6.52. The molecule has 0 aromatic heterocycles. The van der Waals surface area contributed by atoms with E-state index in [1.807, 2.05) is 43.3 Å². The highest BCUT2D eigenvalue weighted by molar-refractivity contribution is 6.32. The summed E-state index contributed by atoms with van der Waals surface area (Å²) in [5.74, 6) is 0.636. The molecule has 0 saturated carbocycles. The first-order valence-corrected chi connectivity index (χ1v) is 6.96. The van der Waals surface area contributed by atoms with Crippen molar-refractivity contribution in [1.82, 2.24) is 0 Å². The van der Waals surface area contributed by atoms with Crippen molar-refractivity contribution in [2.75, 3.05) is 7.11 Å². The van der Waals surface area contributed by atoms with Crippen LogP contribution in [-0.4, -0.2) is 7.11 Å². The molecule has 0 fully saturated rings. The molecule has 0 aliphatic carbocycles. The van der Waals surface area contributed by atoms with Crippen molar-refractivity contribution in [3.8, 4) is 5.75 Å². The Bertz CT molecular complexity index is 596. The molecule has 1 unspecified atom stereocenters. The lowest BCUT2D eigenvalue weighted by molar-refractivity contribution is 0.415. The van der Waals surface area contributed by atoms with Crippen LogP contribution in [0.5, 0.6) is 5.75 Å². The summed E-state index contributed by atoms with van der Waals surface area (Å²) in [6.45, 7) is 1.96. The highest BCUT2D eigenvalue weighted by Crippen LogP contribution is 2.36. The van der Waals surface area contributed by atoms with E-state index in [4.69, 9.17) is 39.5 Å². The minimum absolute atomic E-state index is 0.290. The van der Waals surface area contributed by atoms with Crippen molar-refractivity contribution >= 4 is 34.8 Å². The van der Waals surface area contributed by atoms with Gasteiger partial charge in [0.05, 0.1) is 17.5 Å². The molecular weight excluding hydrogens is 303 g/mol. The van der Waals surface area contributed by atoms with Crippen LogP contribution in [0.3, 0.4) is 0 Å². The molecule has 0 radical (unpaired) electrons. The van der Waals surface area contributed by atoms with E-state index in [1.54, 1.807) is 7.11 Å². The molecule has 0 saturated heterocycles. The van der Waals surface area contributed by atoms with E-state index < -0.39 is 0 Å². The Balaban J connectivity index is 2.41. The van der Waals surface area contributed by atoms with Crippen molar-refractivity contribution in [1.29, 1.82) is 0 Å². The number of benzene rings is 2. The number of ether oxygens (including phenoxy) is 1.